The number of hydrogen-bond donors (Lipinski definition) is 0. The largest absolute Gasteiger partial charge is 0.417 e. The number of alkyl halides is 3. The lowest BCUT2D eigenvalue weighted by molar-refractivity contribution is -0.138. The minimum atomic E-state index is -4.36. The molecule has 0 aromatic heterocycles. The van der Waals surface area contributed by atoms with E-state index in [9.17, 15) is 13.2 Å². The summed E-state index contributed by atoms with van der Waals surface area (Å²) in [4.78, 5) is 4.36. The third-order valence-corrected chi connectivity index (χ3v) is 3.79. The third kappa shape index (κ3) is 1.65. The average molecular weight is 314 g/mol. The van der Waals surface area contributed by atoms with Crippen molar-refractivity contribution < 1.29 is 13.2 Å². The Morgan fingerprint density at radius 1 is 1.22 bits per heavy atom. The second-order valence-electron chi connectivity index (χ2n) is 4.09. The van der Waals surface area contributed by atoms with Gasteiger partial charge in [0.25, 0.3) is 0 Å². The standard InChI is InChI=1S/C13H7BrF3N/c14-12-8(13(15,16)17)5-6-10-11(12)7-3-1-2-4-9(7)18-10/h1-3,5-6H,4H2. The van der Waals surface area contributed by atoms with E-state index < -0.39 is 11.7 Å². The van der Waals surface area contributed by atoms with Crippen LogP contribution in [0, 0.1) is 0 Å². The Morgan fingerprint density at radius 2 is 2.00 bits per heavy atom. The second-order valence-corrected chi connectivity index (χ2v) is 4.88. The molecule has 1 aliphatic carbocycles. The number of rotatable bonds is 0. The summed E-state index contributed by atoms with van der Waals surface area (Å²) in [7, 11) is 0. The number of fused-ring (bicyclic) bond motifs is 3. The predicted octanol–water partition coefficient (Wildman–Crippen LogP) is 4.90. The number of hydrogen-bond acceptors (Lipinski definition) is 1. The van der Waals surface area contributed by atoms with Crippen LogP contribution in [0.15, 0.2) is 39.8 Å². The van der Waals surface area contributed by atoms with Gasteiger partial charge in [-0.2, -0.15) is 13.2 Å². The summed E-state index contributed by atoms with van der Waals surface area (Å²) in [6.07, 6.45) is 1.89. The molecule has 5 heteroatoms. The molecule has 1 heterocycles. The molecule has 1 aromatic carbocycles. The Morgan fingerprint density at radius 3 is 2.72 bits per heavy atom. The van der Waals surface area contributed by atoms with Gasteiger partial charge in [-0.15, -0.1) is 0 Å². The van der Waals surface area contributed by atoms with Crippen LogP contribution in [0.25, 0.3) is 5.57 Å². The van der Waals surface area contributed by atoms with Gasteiger partial charge >= 0.3 is 6.18 Å². The first kappa shape index (κ1) is 11.7. The Kier molecular flexibility index (Phi) is 2.48. The number of halogens is 4. The maximum atomic E-state index is 12.8. The maximum Gasteiger partial charge on any atom is 0.417 e. The van der Waals surface area contributed by atoms with Crippen LogP contribution >= 0.6 is 15.9 Å². The van der Waals surface area contributed by atoms with Gasteiger partial charge in [-0.3, -0.25) is 4.99 Å². The van der Waals surface area contributed by atoms with Crippen molar-refractivity contribution >= 4 is 32.9 Å². The van der Waals surface area contributed by atoms with E-state index in [4.69, 9.17) is 0 Å². The molecule has 1 aliphatic heterocycles. The lowest BCUT2D eigenvalue weighted by Crippen LogP contribution is -2.07. The molecule has 0 amide bonds. The molecule has 0 fully saturated rings. The van der Waals surface area contributed by atoms with E-state index in [2.05, 4.69) is 20.9 Å². The molecular weight excluding hydrogens is 307 g/mol. The zero-order valence-electron chi connectivity index (χ0n) is 9.05. The quantitative estimate of drug-likeness (QED) is 0.646. The Labute approximate surface area is 110 Å². The minimum absolute atomic E-state index is 0.0767. The number of allylic oxidation sites excluding steroid dienone is 4. The first-order chi connectivity index (χ1) is 8.48. The van der Waals surface area contributed by atoms with Crippen molar-refractivity contribution in [1.29, 1.82) is 0 Å². The van der Waals surface area contributed by atoms with Crippen molar-refractivity contribution in [3.8, 4) is 0 Å². The molecule has 0 radical (unpaired) electrons. The molecule has 92 valence electrons. The van der Waals surface area contributed by atoms with Gasteiger partial charge in [0.05, 0.1) is 17.0 Å². The van der Waals surface area contributed by atoms with Crippen LogP contribution in [0.3, 0.4) is 0 Å². The summed E-state index contributed by atoms with van der Waals surface area (Å²) in [5, 5.41) is 0. The van der Waals surface area contributed by atoms with Gasteiger partial charge < -0.3 is 0 Å². The van der Waals surface area contributed by atoms with Gasteiger partial charge in [-0.05, 0) is 28.1 Å². The highest BCUT2D eigenvalue weighted by atomic mass is 79.9. The van der Waals surface area contributed by atoms with Gasteiger partial charge in [0, 0.05) is 22.0 Å². The van der Waals surface area contributed by atoms with Crippen molar-refractivity contribution in [3.05, 3.63) is 46.0 Å². The molecule has 18 heavy (non-hydrogen) atoms. The zero-order valence-corrected chi connectivity index (χ0v) is 10.6. The summed E-state index contributed by atoms with van der Waals surface area (Å²) >= 11 is 3.07. The second kappa shape index (κ2) is 3.82. The van der Waals surface area contributed by atoms with E-state index in [1.54, 1.807) is 6.08 Å². The number of aliphatic imine (C=N–C) groups is 1. The van der Waals surface area contributed by atoms with Gasteiger partial charge in [0.2, 0.25) is 0 Å². The molecule has 3 rings (SSSR count). The molecule has 0 unspecified atom stereocenters. The summed E-state index contributed by atoms with van der Waals surface area (Å²) < 4.78 is 38.6. The van der Waals surface area contributed by atoms with Gasteiger partial charge in [0.1, 0.15) is 0 Å². The van der Waals surface area contributed by atoms with Gasteiger partial charge in [0.15, 0.2) is 0 Å². The summed E-state index contributed by atoms with van der Waals surface area (Å²) in [5.74, 6) is 0. The smallest absolute Gasteiger partial charge is 0.252 e. The molecule has 0 atom stereocenters. The number of nitrogens with zero attached hydrogens (tertiary/aromatic N) is 1. The van der Waals surface area contributed by atoms with E-state index in [-0.39, 0.29) is 4.47 Å². The van der Waals surface area contributed by atoms with E-state index in [1.165, 1.54) is 6.07 Å². The third-order valence-electron chi connectivity index (χ3n) is 2.97. The highest BCUT2D eigenvalue weighted by molar-refractivity contribution is 9.10. The molecule has 0 saturated heterocycles. The lowest BCUT2D eigenvalue weighted by atomic mass is 9.96. The van der Waals surface area contributed by atoms with Crippen LogP contribution in [-0.2, 0) is 6.18 Å². The molecule has 0 spiro atoms. The van der Waals surface area contributed by atoms with Crippen LogP contribution in [-0.4, -0.2) is 5.71 Å². The monoisotopic (exact) mass is 313 g/mol. The topological polar surface area (TPSA) is 12.4 Å². The molecule has 0 bridgehead atoms. The summed E-state index contributed by atoms with van der Waals surface area (Å²) in [6, 6.07) is 2.49. The predicted molar refractivity (Wildman–Crippen MR) is 68.0 cm³/mol. The summed E-state index contributed by atoms with van der Waals surface area (Å²) in [6.45, 7) is 0. The molecule has 0 N–H and O–H groups in total. The van der Waals surface area contributed by atoms with Crippen molar-refractivity contribution in [2.45, 2.75) is 12.6 Å². The molecule has 2 aliphatic rings. The molecule has 1 aromatic rings. The van der Waals surface area contributed by atoms with Crippen molar-refractivity contribution in [2.75, 3.05) is 0 Å². The molecular formula is C13H7BrF3N. The maximum absolute atomic E-state index is 12.8. The van der Waals surface area contributed by atoms with Crippen LogP contribution in [0.4, 0.5) is 18.9 Å². The van der Waals surface area contributed by atoms with E-state index >= 15 is 0 Å². The van der Waals surface area contributed by atoms with Crippen LogP contribution in [0.5, 0.6) is 0 Å². The van der Waals surface area contributed by atoms with Crippen LogP contribution in [0.1, 0.15) is 17.5 Å². The van der Waals surface area contributed by atoms with E-state index in [0.717, 1.165) is 17.4 Å². The normalized spacial score (nSPS) is 17.1. The van der Waals surface area contributed by atoms with Crippen LogP contribution in [0.2, 0.25) is 0 Å². The Hall–Kier alpha value is -1.36. The van der Waals surface area contributed by atoms with Crippen molar-refractivity contribution in [3.63, 3.8) is 0 Å². The number of benzene rings is 1. The van der Waals surface area contributed by atoms with E-state index in [1.807, 2.05) is 12.2 Å². The fraction of sp³-hybridized carbons (Fsp3) is 0.154. The first-order valence-electron chi connectivity index (χ1n) is 5.33. The molecule has 1 nitrogen and oxygen atoms in total. The Balaban J connectivity index is 2.23. The van der Waals surface area contributed by atoms with Gasteiger partial charge in [-0.1, -0.05) is 18.2 Å². The molecule has 0 saturated carbocycles. The highest BCUT2D eigenvalue weighted by Gasteiger charge is 2.36. The lowest BCUT2D eigenvalue weighted by Gasteiger charge is -2.13. The fourth-order valence-electron chi connectivity index (χ4n) is 2.16. The first-order valence-corrected chi connectivity index (χ1v) is 6.12. The van der Waals surface area contributed by atoms with Crippen LogP contribution < -0.4 is 0 Å². The fourth-order valence-corrected chi connectivity index (χ4v) is 2.94. The summed E-state index contributed by atoms with van der Waals surface area (Å²) in [5.41, 5.74) is 2.09. The SMILES string of the molecule is FC(F)(F)c1ccc2c(c1Br)C1=CC=CCC1=N2. The van der Waals surface area contributed by atoms with Crippen molar-refractivity contribution in [1.82, 2.24) is 0 Å². The zero-order chi connectivity index (χ0) is 12.9. The van der Waals surface area contributed by atoms with Gasteiger partial charge in [-0.25, -0.2) is 0 Å². The Bertz CT molecular complexity index is 624. The highest BCUT2D eigenvalue weighted by Crippen LogP contribution is 2.46. The average Bonchev–Trinajstić information content (AvgIpc) is 2.66. The van der Waals surface area contributed by atoms with Crippen molar-refractivity contribution in [2.24, 2.45) is 4.99 Å². The minimum Gasteiger partial charge on any atom is -0.252 e. The van der Waals surface area contributed by atoms with E-state index in [0.29, 0.717) is 17.7 Å².